The molecule has 1 N–H and O–H groups in total. The molecule has 116 valence electrons. The summed E-state index contributed by atoms with van der Waals surface area (Å²) in [5.74, 6) is 0.0855. The van der Waals surface area contributed by atoms with Crippen LogP contribution in [0.1, 0.15) is 29.8 Å². The summed E-state index contributed by atoms with van der Waals surface area (Å²) in [5.41, 5.74) is 2.33. The van der Waals surface area contributed by atoms with Crippen LogP contribution in [0.2, 0.25) is 0 Å². The minimum atomic E-state index is -0.154. The van der Waals surface area contributed by atoms with E-state index in [0.717, 1.165) is 24.2 Å². The summed E-state index contributed by atoms with van der Waals surface area (Å²) in [7, 11) is 0. The largest absolute Gasteiger partial charge is 0.390 e. The molecule has 3 rings (SSSR count). The Morgan fingerprint density at radius 3 is 2.86 bits per heavy atom. The molecule has 8 heteroatoms. The molecular weight excluding hydrogens is 284 g/mol. The van der Waals surface area contributed by atoms with Crippen molar-refractivity contribution >= 4 is 5.91 Å². The number of carbonyl (C=O) groups is 1. The standard InChI is InChI=1S/C14H18N6O2/c21-9-12-13-8-19(4-1-5-20(13)18-17-12)14(22)3-2-11-6-15-10-16-7-11/h6-7,10,21H,1-5,8-9H2. The summed E-state index contributed by atoms with van der Waals surface area (Å²) < 4.78 is 1.78. The van der Waals surface area contributed by atoms with Gasteiger partial charge in [0.25, 0.3) is 0 Å². The highest BCUT2D eigenvalue weighted by Gasteiger charge is 2.22. The number of aliphatic hydroxyl groups is 1. The number of aliphatic hydroxyl groups excluding tert-OH is 1. The molecule has 8 nitrogen and oxygen atoms in total. The molecule has 0 bridgehead atoms. The van der Waals surface area contributed by atoms with Gasteiger partial charge in [-0.3, -0.25) is 4.79 Å². The van der Waals surface area contributed by atoms with Gasteiger partial charge in [0, 0.05) is 31.9 Å². The first-order chi connectivity index (χ1) is 10.8. The first kappa shape index (κ1) is 14.6. The van der Waals surface area contributed by atoms with Crippen LogP contribution in [0.3, 0.4) is 0 Å². The molecule has 0 spiro atoms. The Kier molecular flexibility index (Phi) is 4.38. The van der Waals surface area contributed by atoms with Gasteiger partial charge in [0.1, 0.15) is 12.0 Å². The quantitative estimate of drug-likeness (QED) is 0.849. The lowest BCUT2D eigenvalue weighted by Crippen LogP contribution is -2.31. The maximum Gasteiger partial charge on any atom is 0.223 e. The Hall–Kier alpha value is -2.35. The van der Waals surface area contributed by atoms with Crippen LogP contribution in [-0.4, -0.2) is 47.4 Å². The SMILES string of the molecule is O=C(CCc1cncnc1)N1CCCn2nnc(CO)c2C1. The second-order valence-electron chi connectivity index (χ2n) is 5.28. The molecule has 3 heterocycles. The van der Waals surface area contributed by atoms with E-state index in [4.69, 9.17) is 0 Å². The molecule has 1 aliphatic rings. The summed E-state index contributed by atoms with van der Waals surface area (Å²) in [6.45, 7) is 1.71. The van der Waals surface area contributed by atoms with Crippen LogP contribution >= 0.6 is 0 Å². The predicted octanol–water partition coefficient (Wildman–Crippen LogP) is -0.0745. The van der Waals surface area contributed by atoms with Crippen LogP contribution in [0.4, 0.5) is 0 Å². The third kappa shape index (κ3) is 3.11. The lowest BCUT2D eigenvalue weighted by Gasteiger charge is -2.20. The molecule has 0 radical (unpaired) electrons. The molecule has 0 aromatic carbocycles. The lowest BCUT2D eigenvalue weighted by molar-refractivity contribution is -0.131. The maximum absolute atomic E-state index is 12.4. The minimum Gasteiger partial charge on any atom is -0.390 e. The molecular formula is C14H18N6O2. The number of amides is 1. The van der Waals surface area contributed by atoms with E-state index in [0.29, 0.717) is 31.6 Å². The number of fused-ring (bicyclic) bond motifs is 1. The smallest absolute Gasteiger partial charge is 0.223 e. The van der Waals surface area contributed by atoms with E-state index in [1.54, 1.807) is 17.1 Å². The average molecular weight is 302 g/mol. The monoisotopic (exact) mass is 302 g/mol. The Balaban J connectivity index is 1.65. The molecule has 0 unspecified atom stereocenters. The highest BCUT2D eigenvalue weighted by atomic mass is 16.3. The topological polar surface area (TPSA) is 97.0 Å². The molecule has 2 aromatic rings. The van der Waals surface area contributed by atoms with Gasteiger partial charge in [-0.2, -0.15) is 0 Å². The third-order valence-corrected chi connectivity index (χ3v) is 3.80. The normalized spacial score (nSPS) is 14.5. The van der Waals surface area contributed by atoms with E-state index < -0.39 is 0 Å². The molecule has 1 aliphatic heterocycles. The van der Waals surface area contributed by atoms with Gasteiger partial charge in [-0.15, -0.1) is 5.10 Å². The minimum absolute atomic E-state index is 0.0855. The van der Waals surface area contributed by atoms with Crippen LogP contribution < -0.4 is 0 Å². The number of hydrogen-bond donors (Lipinski definition) is 1. The van der Waals surface area contributed by atoms with Gasteiger partial charge in [0.2, 0.25) is 5.91 Å². The van der Waals surface area contributed by atoms with Crippen LogP contribution in [0.5, 0.6) is 0 Å². The molecule has 2 aromatic heterocycles. The van der Waals surface area contributed by atoms with Crippen molar-refractivity contribution in [3.8, 4) is 0 Å². The van der Waals surface area contributed by atoms with Crippen molar-refractivity contribution in [2.75, 3.05) is 6.54 Å². The van der Waals surface area contributed by atoms with E-state index >= 15 is 0 Å². The zero-order valence-electron chi connectivity index (χ0n) is 12.2. The van der Waals surface area contributed by atoms with Crippen molar-refractivity contribution in [1.29, 1.82) is 0 Å². The molecule has 22 heavy (non-hydrogen) atoms. The Labute approximate surface area is 127 Å². The summed E-state index contributed by atoms with van der Waals surface area (Å²) in [4.78, 5) is 22.1. The Bertz CT molecular complexity index is 642. The zero-order chi connectivity index (χ0) is 15.4. The van der Waals surface area contributed by atoms with Crippen molar-refractivity contribution in [2.45, 2.75) is 39.0 Å². The fourth-order valence-electron chi connectivity index (χ4n) is 2.60. The second kappa shape index (κ2) is 6.61. The number of carbonyl (C=O) groups excluding carboxylic acids is 1. The number of rotatable bonds is 4. The molecule has 0 atom stereocenters. The average Bonchev–Trinajstić information content (AvgIpc) is 2.82. The van der Waals surface area contributed by atoms with E-state index in [9.17, 15) is 9.90 Å². The van der Waals surface area contributed by atoms with E-state index in [2.05, 4.69) is 20.3 Å². The van der Waals surface area contributed by atoms with Gasteiger partial charge < -0.3 is 10.0 Å². The van der Waals surface area contributed by atoms with E-state index in [-0.39, 0.29) is 12.5 Å². The highest BCUT2D eigenvalue weighted by molar-refractivity contribution is 5.76. The van der Waals surface area contributed by atoms with Crippen LogP contribution in [0.15, 0.2) is 18.7 Å². The van der Waals surface area contributed by atoms with E-state index in [1.807, 2.05) is 4.90 Å². The molecule has 0 saturated carbocycles. The van der Waals surface area contributed by atoms with Gasteiger partial charge >= 0.3 is 0 Å². The van der Waals surface area contributed by atoms with Gasteiger partial charge in [0.15, 0.2) is 0 Å². The zero-order valence-corrected chi connectivity index (χ0v) is 12.2. The fraction of sp³-hybridized carbons (Fsp3) is 0.500. The van der Waals surface area contributed by atoms with Gasteiger partial charge in [-0.05, 0) is 18.4 Å². The number of hydrogen-bond acceptors (Lipinski definition) is 6. The van der Waals surface area contributed by atoms with Crippen LogP contribution in [0, 0.1) is 0 Å². The van der Waals surface area contributed by atoms with Crippen molar-refractivity contribution in [1.82, 2.24) is 29.9 Å². The number of aryl methyl sites for hydroxylation is 2. The van der Waals surface area contributed by atoms with Gasteiger partial charge in [-0.1, -0.05) is 5.21 Å². The number of aromatic nitrogens is 5. The van der Waals surface area contributed by atoms with Gasteiger partial charge in [-0.25, -0.2) is 14.6 Å². The molecule has 0 aliphatic carbocycles. The fourth-order valence-corrected chi connectivity index (χ4v) is 2.60. The molecule has 0 fully saturated rings. The van der Waals surface area contributed by atoms with Crippen molar-refractivity contribution in [3.05, 3.63) is 35.7 Å². The first-order valence-electron chi connectivity index (χ1n) is 7.31. The number of nitrogens with zero attached hydrogens (tertiary/aromatic N) is 6. The third-order valence-electron chi connectivity index (χ3n) is 3.80. The molecule has 1 amide bonds. The first-order valence-corrected chi connectivity index (χ1v) is 7.31. The Morgan fingerprint density at radius 2 is 2.09 bits per heavy atom. The predicted molar refractivity (Wildman–Crippen MR) is 76.3 cm³/mol. The van der Waals surface area contributed by atoms with Crippen molar-refractivity contribution < 1.29 is 9.90 Å². The van der Waals surface area contributed by atoms with Crippen LogP contribution in [-0.2, 0) is 30.9 Å². The van der Waals surface area contributed by atoms with Crippen molar-refractivity contribution in [2.24, 2.45) is 0 Å². The second-order valence-corrected chi connectivity index (χ2v) is 5.28. The maximum atomic E-state index is 12.4. The van der Waals surface area contributed by atoms with Crippen molar-refractivity contribution in [3.63, 3.8) is 0 Å². The van der Waals surface area contributed by atoms with Gasteiger partial charge in [0.05, 0.1) is 18.8 Å². The summed E-state index contributed by atoms with van der Waals surface area (Å²) >= 11 is 0. The Morgan fingerprint density at radius 1 is 1.27 bits per heavy atom. The van der Waals surface area contributed by atoms with Crippen LogP contribution in [0.25, 0.3) is 0 Å². The summed E-state index contributed by atoms with van der Waals surface area (Å²) in [5, 5.41) is 17.3. The summed E-state index contributed by atoms with van der Waals surface area (Å²) in [6, 6.07) is 0. The summed E-state index contributed by atoms with van der Waals surface area (Å²) in [6.07, 6.45) is 6.81. The van der Waals surface area contributed by atoms with E-state index in [1.165, 1.54) is 6.33 Å². The molecule has 0 saturated heterocycles. The highest BCUT2D eigenvalue weighted by Crippen LogP contribution is 2.16. The lowest BCUT2D eigenvalue weighted by atomic mass is 10.1.